The van der Waals surface area contributed by atoms with Crippen LogP contribution in [-0.2, 0) is 14.8 Å². The molecule has 0 fully saturated rings. The van der Waals surface area contributed by atoms with Crippen molar-refractivity contribution in [3.8, 4) is 0 Å². The lowest BCUT2D eigenvalue weighted by Gasteiger charge is -2.24. The Kier molecular flexibility index (Phi) is 6.52. The van der Waals surface area contributed by atoms with Crippen molar-refractivity contribution >= 4 is 44.8 Å². The zero-order valence-electron chi connectivity index (χ0n) is 12.9. The van der Waals surface area contributed by atoms with E-state index in [4.69, 9.17) is 23.2 Å². The van der Waals surface area contributed by atoms with Gasteiger partial charge in [-0.3, -0.25) is 9.10 Å². The molecule has 22 heavy (non-hydrogen) atoms. The quantitative estimate of drug-likeness (QED) is 0.841. The van der Waals surface area contributed by atoms with E-state index in [9.17, 15) is 13.2 Å². The van der Waals surface area contributed by atoms with Crippen LogP contribution in [-0.4, -0.2) is 33.2 Å². The molecule has 0 radical (unpaired) electrons. The molecule has 1 atom stereocenters. The number of anilines is 1. The maximum absolute atomic E-state index is 12.1. The van der Waals surface area contributed by atoms with Crippen molar-refractivity contribution in [1.29, 1.82) is 0 Å². The maximum Gasteiger partial charge on any atom is 0.240 e. The zero-order valence-corrected chi connectivity index (χ0v) is 15.3. The first kappa shape index (κ1) is 19.1. The molecule has 0 aliphatic rings. The largest absolute Gasteiger partial charge is 0.352 e. The molecule has 1 amide bonds. The third-order valence-corrected chi connectivity index (χ3v) is 5.15. The van der Waals surface area contributed by atoms with Gasteiger partial charge in [0.15, 0.2) is 0 Å². The molecule has 5 nitrogen and oxygen atoms in total. The SMILES string of the molecule is CC(C)C(C)NC(=O)CN(c1ccc(Cl)c(Cl)c1)S(C)(=O)=O. The summed E-state index contributed by atoms with van der Waals surface area (Å²) in [5.74, 6) is -0.127. The van der Waals surface area contributed by atoms with Gasteiger partial charge in [-0.05, 0) is 31.0 Å². The second-order valence-electron chi connectivity index (χ2n) is 5.47. The Balaban J connectivity index is 3.00. The van der Waals surface area contributed by atoms with Gasteiger partial charge >= 0.3 is 0 Å². The lowest BCUT2D eigenvalue weighted by atomic mass is 10.1. The number of benzene rings is 1. The molecular formula is C14H20Cl2N2O3S. The summed E-state index contributed by atoms with van der Waals surface area (Å²) in [5, 5.41) is 3.32. The van der Waals surface area contributed by atoms with Crippen LogP contribution in [0.1, 0.15) is 20.8 Å². The number of carbonyl (C=O) groups excluding carboxylic acids is 1. The van der Waals surface area contributed by atoms with E-state index in [1.165, 1.54) is 18.2 Å². The van der Waals surface area contributed by atoms with Crippen molar-refractivity contribution in [2.24, 2.45) is 5.92 Å². The summed E-state index contributed by atoms with van der Waals surface area (Å²) in [6.07, 6.45) is 1.04. The monoisotopic (exact) mass is 366 g/mol. The normalized spacial score (nSPS) is 13.0. The van der Waals surface area contributed by atoms with E-state index >= 15 is 0 Å². The molecule has 0 aliphatic carbocycles. The van der Waals surface area contributed by atoms with E-state index in [1.54, 1.807) is 0 Å². The molecule has 8 heteroatoms. The Bertz CT molecular complexity index is 647. The van der Waals surface area contributed by atoms with E-state index in [0.29, 0.717) is 10.7 Å². The van der Waals surface area contributed by atoms with E-state index < -0.39 is 10.0 Å². The van der Waals surface area contributed by atoms with Gasteiger partial charge in [0.25, 0.3) is 0 Å². The molecule has 1 aromatic carbocycles. The van der Waals surface area contributed by atoms with Gasteiger partial charge in [-0.2, -0.15) is 0 Å². The highest BCUT2D eigenvalue weighted by Gasteiger charge is 2.22. The number of rotatable bonds is 6. The Labute approximate surface area is 141 Å². The smallest absolute Gasteiger partial charge is 0.240 e. The molecule has 0 heterocycles. The third kappa shape index (κ3) is 5.34. The average molecular weight is 367 g/mol. The van der Waals surface area contributed by atoms with Gasteiger partial charge in [0.2, 0.25) is 15.9 Å². The Morgan fingerprint density at radius 2 is 1.82 bits per heavy atom. The number of carbonyl (C=O) groups is 1. The number of nitrogens with one attached hydrogen (secondary N) is 1. The van der Waals surface area contributed by atoms with Gasteiger partial charge in [-0.25, -0.2) is 8.42 Å². The van der Waals surface area contributed by atoms with Crippen molar-refractivity contribution in [2.45, 2.75) is 26.8 Å². The number of sulfonamides is 1. The van der Waals surface area contributed by atoms with E-state index in [2.05, 4.69) is 5.32 Å². The lowest BCUT2D eigenvalue weighted by molar-refractivity contribution is -0.120. The van der Waals surface area contributed by atoms with E-state index in [0.717, 1.165) is 10.6 Å². The number of hydrogen-bond acceptors (Lipinski definition) is 3. The summed E-state index contributed by atoms with van der Waals surface area (Å²) in [5.41, 5.74) is 0.296. The summed E-state index contributed by atoms with van der Waals surface area (Å²) >= 11 is 11.7. The highest BCUT2D eigenvalue weighted by Crippen LogP contribution is 2.28. The van der Waals surface area contributed by atoms with Crippen LogP contribution in [0.2, 0.25) is 10.0 Å². The van der Waals surface area contributed by atoms with Crippen molar-refractivity contribution in [1.82, 2.24) is 5.32 Å². The summed E-state index contributed by atoms with van der Waals surface area (Å²) in [6.45, 7) is 5.50. The fraction of sp³-hybridized carbons (Fsp3) is 0.500. The second kappa shape index (κ2) is 7.53. The minimum absolute atomic E-state index is 0.0530. The first-order chi connectivity index (χ1) is 10.0. The van der Waals surface area contributed by atoms with E-state index in [-0.39, 0.29) is 29.4 Å². The molecule has 0 saturated heterocycles. The van der Waals surface area contributed by atoms with Gasteiger partial charge in [-0.1, -0.05) is 37.0 Å². The number of halogens is 2. The minimum atomic E-state index is -3.63. The number of hydrogen-bond donors (Lipinski definition) is 1. The van der Waals surface area contributed by atoms with Gasteiger partial charge in [0, 0.05) is 6.04 Å². The van der Waals surface area contributed by atoms with Crippen LogP contribution >= 0.6 is 23.2 Å². The van der Waals surface area contributed by atoms with Crippen LogP contribution in [0.15, 0.2) is 18.2 Å². The Morgan fingerprint density at radius 3 is 2.27 bits per heavy atom. The molecule has 124 valence electrons. The van der Waals surface area contributed by atoms with Crippen LogP contribution in [0, 0.1) is 5.92 Å². The molecule has 0 aromatic heterocycles. The lowest BCUT2D eigenvalue weighted by Crippen LogP contribution is -2.44. The average Bonchev–Trinajstić information content (AvgIpc) is 2.38. The molecule has 1 aromatic rings. The summed E-state index contributed by atoms with van der Waals surface area (Å²) in [4.78, 5) is 12.1. The van der Waals surface area contributed by atoms with Gasteiger partial charge in [0.1, 0.15) is 6.54 Å². The van der Waals surface area contributed by atoms with Crippen molar-refractivity contribution in [2.75, 3.05) is 17.1 Å². The molecule has 0 aliphatic heterocycles. The Hall–Kier alpha value is -0.980. The maximum atomic E-state index is 12.1. The highest BCUT2D eigenvalue weighted by atomic mass is 35.5. The van der Waals surface area contributed by atoms with Crippen molar-refractivity contribution < 1.29 is 13.2 Å². The molecule has 0 saturated carbocycles. The predicted octanol–water partition coefficient (Wildman–Crippen LogP) is 2.92. The summed E-state index contributed by atoms with van der Waals surface area (Å²) in [6, 6.07) is 4.37. The van der Waals surface area contributed by atoms with Gasteiger partial charge in [-0.15, -0.1) is 0 Å². The molecule has 1 N–H and O–H groups in total. The predicted molar refractivity (Wildman–Crippen MR) is 91.1 cm³/mol. The van der Waals surface area contributed by atoms with Crippen molar-refractivity contribution in [3.05, 3.63) is 28.2 Å². The van der Waals surface area contributed by atoms with Crippen molar-refractivity contribution in [3.63, 3.8) is 0 Å². The Morgan fingerprint density at radius 1 is 1.23 bits per heavy atom. The fourth-order valence-electron chi connectivity index (χ4n) is 1.64. The second-order valence-corrected chi connectivity index (χ2v) is 8.19. The molecular weight excluding hydrogens is 347 g/mol. The summed E-state index contributed by atoms with van der Waals surface area (Å²) < 4.78 is 24.9. The summed E-state index contributed by atoms with van der Waals surface area (Å²) in [7, 11) is -3.63. The zero-order chi connectivity index (χ0) is 17.1. The highest BCUT2D eigenvalue weighted by molar-refractivity contribution is 7.92. The first-order valence-electron chi connectivity index (χ1n) is 6.74. The van der Waals surface area contributed by atoms with E-state index in [1.807, 2.05) is 20.8 Å². The van der Waals surface area contributed by atoms with Crippen LogP contribution in [0.25, 0.3) is 0 Å². The van der Waals surface area contributed by atoms with Gasteiger partial charge in [0.05, 0.1) is 22.0 Å². The molecule has 1 rings (SSSR count). The van der Waals surface area contributed by atoms with Crippen LogP contribution in [0.5, 0.6) is 0 Å². The standard InChI is InChI=1S/C14H20Cl2N2O3S/c1-9(2)10(3)17-14(19)8-18(22(4,20)21)11-5-6-12(15)13(16)7-11/h5-7,9-10H,8H2,1-4H3,(H,17,19). The van der Waals surface area contributed by atoms with Gasteiger partial charge < -0.3 is 5.32 Å². The molecule has 0 bridgehead atoms. The van der Waals surface area contributed by atoms with Crippen LogP contribution < -0.4 is 9.62 Å². The topological polar surface area (TPSA) is 66.5 Å². The minimum Gasteiger partial charge on any atom is -0.352 e. The van der Waals surface area contributed by atoms with Crippen LogP contribution in [0.3, 0.4) is 0 Å². The first-order valence-corrected chi connectivity index (χ1v) is 9.35. The molecule has 1 unspecified atom stereocenters. The third-order valence-electron chi connectivity index (χ3n) is 3.27. The number of amides is 1. The molecule has 0 spiro atoms. The van der Waals surface area contributed by atoms with Crippen LogP contribution in [0.4, 0.5) is 5.69 Å². The number of nitrogens with zero attached hydrogens (tertiary/aromatic N) is 1. The fourth-order valence-corrected chi connectivity index (χ4v) is 2.78.